The maximum atomic E-state index is 11.2. The second-order valence-electron chi connectivity index (χ2n) is 6.37. The number of rotatable bonds is 5. The first kappa shape index (κ1) is 18.6. The maximum Gasteiger partial charge on any atom is 0.267 e. The Balaban J connectivity index is 1.64. The third-order valence-corrected chi connectivity index (χ3v) is 5.60. The fourth-order valence-electron chi connectivity index (χ4n) is 3.19. The number of amides is 1. The lowest BCUT2D eigenvalue weighted by Crippen LogP contribution is -2.46. The number of benzene rings is 1. The van der Waals surface area contributed by atoms with Crippen LogP contribution < -0.4 is 10.4 Å². The molecule has 2 heterocycles. The fraction of sp³-hybridized carbons (Fsp3) is 0.368. The van der Waals surface area contributed by atoms with E-state index in [9.17, 15) is 4.79 Å². The van der Waals surface area contributed by atoms with Crippen molar-refractivity contribution in [3.05, 3.63) is 51.5 Å². The maximum absolute atomic E-state index is 11.2. The van der Waals surface area contributed by atoms with Gasteiger partial charge < -0.3 is 4.90 Å². The number of nitrogens with one attached hydrogen (secondary N) is 1. The summed E-state index contributed by atoms with van der Waals surface area (Å²) < 4.78 is 0. The molecule has 3 rings (SSSR count). The summed E-state index contributed by atoms with van der Waals surface area (Å²) in [6, 6.07) is 8.01. The van der Waals surface area contributed by atoms with E-state index in [1.165, 1.54) is 11.0 Å². The number of carbonyl (C=O) groups is 1. The van der Waals surface area contributed by atoms with Crippen LogP contribution in [0.15, 0.2) is 30.3 Å². The van der Waals surface area contributed by atoms with Gasteiger partial charge in [0.2, 0.25) is 0 Å². The molecule has 1 aromatic carbocycles. The van der Waals surface area contributed by atoms with E-state index in [4.69, 9.17) is 5.21 Å². The first-order valence-corrected chi connectivity index (χ1v) is 9.50. The highest BCUT2D eigenvalue weighted by Crippen LogP contribution is 2.25. The van der Waals surface area contributed by atoms with Crippen molar-refractivity contribution in [1.82, 2.24) is 15.4 Å². The van der Waals surface area contributed by atoms with Crippen LogP contribution in [0.25, 0.3) is 6.08 Å². The number of thiazole rings is 1. The lowest BCUT2D eigenvalue weighted by atomic mass is 10.1. The van der Waals surface area contributed by atoms with Gasteiger partial charge in [0.25, 0.3) is 5.91 Å². The van der Waals surface area contributed by atoms with Crippen LogP contribution in [-0.4, -0.2) is 47.2 Å². The van der Waals surface area contributed by atoms with E-state index in [1.807, 2.05) is 18.2 Å². The van der Waals surface area contributed by atoms with Gasteiger partial charge in [-0.3, -0.25) is 14.9 Å². The molecule has 1 amide bonds. The third kappa shape index (κ3) is 4.49. The van der Waals surface area contributed by atoms with Crippen LogP contribution in [0.2, 0.25) is 0 Å². The van der Waals surface area contributed by atoms with E-state index in [2.05, 4.69) is 34.7 Å². The first-order chi connectivity index (χ1) is 12.6. The summed E-state index contributed by atoms with van der Waals surface area (Å²) in [4.78, 5) is 21.9. The largest absolute Gasteiger partial charge is 0.368 e. The average Bonchev–Trinajstić information content (AvgIpc) is 2.97. The molecular formula is C19H24N4O2S. The fourth-order valence-corrected chi connectivity index (χ4v) is 4.17. The van der Waals surface area contributed by atoms with Gasteiger partial charge in [0.1, 0.15) is 0 Å². The smallest absolute Gasteiger partial charge is 0.267 e. The van der Waals surface area contributed by atoms with Crippen LogP contribution in [0.1, 0.15) is 21.1 Å². The minimum Gasteiger partial charge on any atom is -0.368 e. The van der Waals surface area contributed by atoms with E-state index in [0.29, 0.717) is 0 Å². The molecule has 0 aliphatic carbocycles. The van der Waals surface area contributed by atoms with E-state index in [-0.39, 0.29) is 0 Å². The molecule has 1 aromatic heterocycles. The van der Waals surface area contributed by atoms with Crippen LogP contribution in [0.3, 0.4) is 0 Å². The van der Waals surface area contributed by atoms with Gasteiger partial charge in [0.15, 0.2) is 0 Å². The van der Waals surface area contributed by atoms with Crippen molar-refractivity contribution in [1.29, 1.82) is 0 Å². The van der Waals surface area contributed by atoms with E-state index < -0.39 is 5.91 Å². The molecule has 6 nitrogen and oxygen atoms in total. The number of aromatic nitrogens is 1. The summed E-state index contributed by atoms with van der Waals surface area (Å²) in [5.74, 6) is -0.528. The summed E-state index contributed by atoms with van der Waals surface area (Å²) in [6.07, 6.45) is 3.07. The lowest BCUT2D eigenvalue weighted by molar-refractivity contribution is -0.124. The number of para-hydroxylation sites is 1. The van der Waals surface area contributed by atoms with Crippen molar-refractivity contribution in [3.8, 4) is 0 Å². The van der Waals surface area contributed by atoms with Crippen LogP contribution >= 0.6 is 11.3 Å². The molecular weight excluding hydrogens is 348 g/mol. The zero-order valence-corrected chi connectivity index (χ0v) is 15.9. The van der Waals surface area contributed by atoms with Crippen LogP contribution in [0.5, 0.6) is 0 Å². The van der Waals surface area contributed by atoms with Gasteiger partial charge >= 0.3 is 0 Å². The highest BCUT2D eigenvalue weighted by molar-refractivity contribution is 7.11. The predicted molar refractivity (Wildman–Crippen MR) is 104 cm³/mol. The Morgan fingerprint density at radius 1 is 1.27 bits per heavy atom. The number of hydroxylamine groups is 1. The summed E-state index contributed by atoms with van der Waals surface area (Å²) in [5.41, 5.74) is 4.85. The van der Waals surface area contributed by atoms with Crippen molar-refractivity contribution in [3.63, 3.8) is 0 Å². The number of anilines is 1. The molecule has 1 aliphatic heterocycles. The van der Waals surface area contributed by atoms with Gasteiger partial charge in [-0.2, -0.15) is 0 Å². The summed E-state index contributed by atoms with van der Waals surface area (Å²) in [5, 5.41) is 9.76. The molecule has 7 heteroatoms. The zero-order chi connectivity index (χ0) is 18.5. The molecule has 0 unspecified atom stereocenters. The molecule has 0 saturated carbocycles. The predicted octanol–water partition coefficient (Wildman–Crippen LogP) is 2.60. The van der Waals surface area contributed by atoms with Crippen molar-refractivity contribution in [2.24, 2.45) is 0 Å². The second-order valence-corrected chi connectivity index (χ2v) is 7.66. The molecule has 26 heavy (non-hydrogen) atoms. The van der Waals surface area contributed by atoms with Gasteiger partial charge in [-0.1, -0.05) is 18.2 Å². The number of aryl methyl sites for hydroxylation is 2. The minimum absolute atomic E-state index is 0.528. The van der Waals surface area contributed by atoms with Crippen LogP contribution in [0, 0.1) is 13.8 Å². The molecule has 2 aromatic rings. The van der Waals surface area contributed by atoms with Gasteiger partial charge in [-0.05, 0) is 31.6 Å². The van der Waals surface area contributed by atoms with Crippen molar-refractivity contribution in [2.45, 2.75) is 20.4 Å². The van der Waals surface area contributed by atoms with Crippen molar-refractivity contribution < 1.29 is 10.0 Å². The second kappa shape index (κ2) is 8.44. The Labute approximate surface area is 157 Å². The number of carbonyl (C=O) groups excluding carboxylic acids is 1. The molecule has 1 aliphatic rings. The van der Waals surface area contributed by atoms with Gasteiger partial charge in [0, 0.05) is 49.4 Å². The van der Waals surface area contributed by atoms with Gasteiger partial charge in [0.05, 0.1) is 10.7 Å². The van der Waals surface area contributed by atoms with Crippen LogP contribution in [0.4, 0.5) is 5.69 Å². The molecule has 1 saturated heterocycles. The average molecular weight is 372 g/mol. The van der Waals surface area contributed by atoms with Crippen molar-refractivity contribution >= 4 is 29.0 Å². The van der Waals surface area contributed by atoms with E-state index in [0.717, 1.165) is 54.7 Å². The lowest BCUT2D eigenvalue weighted by Gasteiger charge is -2.36. The molecule has 138 valence electrons. The molecule has 0 radical (unpaired) electrons. The van der Waals surface area contributed by atoms with E-state index in [1.54, 1.807) is 22.9 Å². The Bertz CT molecular complexity index is 795. The molecule has 2 N–H and O–H groups in total. The molecule has 0 atom stereocenters. The van der Waals surface area contributed by atoms with E-state index >= 15 is 0 Å². The Hall–Kier alpha value is -2.22. The molecule has 0 spiro atoms. The first-order valence-electron chi connectivity index (χ1n) is 8.68. The summed E-state index contributed by atoms with van der Waals surface area (Å²) in [7, 11) is 0. The standard InChI is InChI=1S/C19H24N4O2S/c1-14-18(26-15(2)20-14)13-22-9-11-23(12-10-22)17-6-4-3-5-16(17)7-8-19(24)21-25/h3-8,25H,9-13H2,1-2H3,(H,21,24)/b8-7+. The third-order valence-electron chi connectivity index (χ3n) is 4.54. The molecule has 0 bridgehead atoms. The molecule has 1 fully saturated rings. The van der Waals surface area contributed by atoms with Gasteiger partial charge in [-0.25, -0.2) is 10.5 Å². The highest BCUT2D eigenvalue weighted by atomic mass is 32.1. The SMILES string of the molecule is Cc1nc(C)c(CN2CCN(c3ccccc3/C=C/C(=O)NO)CC2)s1. The highest BCUT2D eigenvalue weighted by Gasteiger charge is 2.20. The minimum atomic E-state index is -0.528. The van der Waals surface area contributed by atoms with Gasteiger partial charge in [-0.15, -0.1) is 11.3 Å². The van der Waals surface area contributed by atoms with Crippen molar-refractivity contribution in [2.75, 3.05) is 31.1 Å². The Morgan fingerprint density at radius 2 is 2.00 bits per heavy atom. The number of nitrogens with zero attached hydrogens (tertiary/aromatic N) is 3. The monoisotopic (exact) mass is 372 g/mol. The Kier molecular flexibility index (Phi) is 6.03. The number of hydrogen-bond donors (Lipinski definition) is 2. The summed E-state index contributed by atoms with van der Waals surface area (Å²) >= 11 is 1.79. The zero-order valence-electron chi connectivity index (χ0n) is 15.1. The topological polar surface area (TPSA) is 68.7 Å². The quantitative estimate of drug-likeness (QED) is 0.480. The van der Waals surface area contributed by atoms with Crippen LogP contribution in [-0.2, 0) is 11.3 Å². The normalized spacial score (nSPS) is 15.6. The number of hydrogen-bond acceptors (Lipinski definition) is 6. The Morgan fingerprint density at radius 3 is 2.65 bits per heavy atom. The number of piperazine rings is 1. The summed E-state index contributed by atoms with van der Waals surface area (Å²) in [6.45, 7) is 8.96.